The van der Waals surface area contributed by atoms with Gasteiger partial charge in [-0.25, -0.2) is 0 Å². The zero-order chi connectivity index (χ0) is 9.10. The highest BCUT2D eigenvalue weighted by Crippen LogP contribution is 2.24. The summed E-state index contributed by atoms with van der Waals surface area (Å²) >= 11 is 1.68. The highest BCUT2D eigenvalue weighted by molar-refractivity contribution is 7.99. The molecular formula is C10H10N2S. The van der Waals surface area contributed by atoms with Gasteiger partial charge in [-0.1, -0.05) is 30.0 Å². The second-order valence-electron chi connectivity index (χ2n) is 2.74. The van der Waals surface area contributed by atoms with Crippen LogP contribution in [-0.2, 0) is 7.05 Å². The van der Waals surface area contributed by atoms with Crippen molar-refractivity contribution in [3.8, 4) is 0 Å². The molecule has 3 heteroatoms. The van der Waals surface area contributed by atoms with Crippen molar-refractivity contribution in [2.45, 2.75) is 9.92 Å². The third-order valence-electron chi connectivity index (χ3n) is 1.65. The summed E-state index contributed by atoms with van der Waals surface area (Å²) in [5.41, 5.74) is 0. The first-order valence-corrected chi connectivity index (χ1v) is 4.89. The van der Waals surface area contributed by atoms with E-state index in [1.54, 1.807) is 11.8 Å². The standard InChI is InChI=1S/C10H10N2S/c1-12-8-7-10(11-12)13-9-5-3-2-4-6-9/h2-8H,1H3. The Balaban J connectivity index is 2.15. The second-order valence-corrected chi connectivity index (χ2v) is 3.84. The number of aryl methyl sites for hydroxylation is 1. The van der Waals surface area contributed by atoms with Gasteiger partial charge in [-0.3, -0.25) is 4.68 Å². The van der Waals surface area contributed by atoms with Gasteiger partial charge in [0.2, 0.25) is 0 Å². The predicted molar refractivity (Wildman–Crippen MR) is 53.8 cm³/mol. The van der Waals surface area contributed by atoms with Crippen LogP contribution < -0.4 is 0 Å². The van der Waals surface area contributed by atoms with E-state index in [0.29, 0.717) is 0 Å². The number of hydrogen-bond acceptors (Lipinski definition) is 2. The minimum Gasteiger partial charge on any atom is -0.275 e. The molecule has 0 fully saturated rings. The van der Waals surface area contributed by atoms with Crippen LogP contribution in [0.15, 0.2) is 52.5 Å². The van der Waals surface area contributed by atoms with Crippen LogP contribution in [0, 0.1) is 0 Å². The molecule has 1 aromatic carbocycles. The maximum absolute atomic E-state index is 4.29. The fraction of sp³-hybridized carbons (Fsp3) is 0.100. The molecule has 0 aliphatic rings. The molecule has 0 saturated heterocycles. The fourth-order valence-corrected chi connectivity index (χ4v) is 1.89. The monoisotopic (exact) mass is 190 g/mol. The Bertz CT molecular complexity index is 381. The van der Waals surface area contributed by atoms with Crippen LogP contribution in [0.4, 0.5) is 0 Å². The Labute approximate surface area is 81.6 Å². The Morgan fingerprint density at radius 1 is 1.15 bits per heavy atom. The van der Waals surface area contributed by atoms with Gasteiger partial charge in [-0.2, -0.15) is 5.10 Å². The number of rotatable bonds is 2. The predicted octanol–water partition coefficient (Wildman–Crippen LogP) is 2.57. The minimum atomic E-state index is 1.04. The number of hydrogen-bond donors (Lipinski definition) is 0. The molecular weight excluding hydrogens is 180 g/mol. The molecule has 0 N–H and O–H groups in total. The van der Waals surface area contributed by atoms with Gasteiger partial charge in [0.25, 0.3) is 0 Å². The Morgan fingerprint density at radius 2 is 1.92 bits per heavy atom. The molecule has 0 aliphatic heterocycles. The van der Waals surface area contributed by atoms with Gasteiger partial charge in [-0.05, 0) is 18.2 Å². The third kappa shape index (κ3) is 2.12. The number of benzene rings is 1. The quantitative estimate of drug-likeness (QED) is 0.724. The molecule has 0 saturated carbocycles. The van der Waals surface area contributed by atoms with E-state index in [4.69, 9.17) is 0 Å². The molecule has 13 heavy (non-hydrogen) atoms. The largest absolute Gasteiger partial charge is 0.275 e. The van der Waals surface area contributed by atoms with Crippen LogP contribution in [0.25, 0.3) is 0 Å². The van der Waals surface area contributed by atoms with E-state index >= 15 is 0 Å². The zero-order valence-corrected chi connectivity index (χ0v) is 8.16. The first-order valence-electron chi connectivity index (χ1n) is 4.07. The summed E-state index contributed by atoms with van der Waals surface area (Å²) in [4.78, 5) is 1.22. The minimum absolute atomic E-state index is 1.04. The summed E-state index contributed by atoms with van der Waals surface area (Å²) in [6.45, 7) is 0. The molecule has 2 rings (SSSR count). The summed E-state index contributed by atoms with van der Waals surface area (Å²) < 4.78 is 1.81. The van der Waals surface area contributed by atoms with Gasteiger partial charge in [0, 0.05) is 18.1 Å². The van der Waals surface area contributed by atoms with Crippen LogP contribution >= 0.6 is 11.8 Å². The fourth-order valence-electron chi connectivity index (χ4n) is 1.06. The first kappa shape index (κ1) is 8.38. The van der Waals surface area contributed by atoms with Crippen molar-refractivity contribution in [1.29, 1.82) is 0 Å². The van der Waals surface area contributed by atoms with Crippen molar-refractivity contribution >= 4 is 11.8 Å². The van der Waals surface area contributed by atoms with Gasteiger partial charge in [0.05, 0.1) is 0 Å². The second kappa shape index (κ2) is 3.66. The molecule has 0 amide bonds. The molecule has 2 nitrogen and oxygen atoms in total. The SMILES string of the molecule is Cn1ccc(Sc2ccccc2)n1. The van der Waals surface area contributed by atoms with Crippen molar-refractivity contribution in [2.75, 3.05) is 0 Å². The summed E-state index contributed by atoms with van der Waals surface area (Å²) in [7, 11) is 1.93. The summed E-state index contributed by atoms with van der Waals surface area (Å²) in [6, 6.07) is 12.3. The van der Waals surface area contributed by atoms with Crippen molar-refractivity contribution < 1.29 is 0 Å². The van der Waals surface area contributed by atoms with Crippen LogP contribution in [0.2, 0.25) is 0 Å². The van der Waals surface area contributed by atoms with E-state index in [2.05, 4.69) is 17.2 Å². The summed E-state index contributed by atoms with van der Waals surface area (Å²) in [5.74, 6) is 0. The molecule has 0 spiro atoms. The lowest BCUT2D eigenvalue weighted by Crippen LogP contribution is -1.86. The Morgan fingerprint density at radius 3 is 2.54 bits per heavy atom. The molecule has 2 aromatic rings. The molecule has 1 aromatic heterocycles. The molecule has 0 atom stereocenters. The summed E-state index contributed by atoms with van der Waals surface area (Å²) in [6.07, 6.45) is 1.95. The molecule has 1 heterocycles. The topological polar surface area (TPSA) is 17.8 Å². The van der Waals surface area contributed by atoms with E-state index in [0.717, 1.165) is 5.03 Å². The van der Waals surface area contributed by atoms with Crippen LogP contribution in [0.5, 0.6) is 0 Å². The summed E-state index contributed by atoms with van der Waals surface area (Å²) in [5, 5.41) is 5.32. The van der Waals surface area contributed by atoms with Crippen LogP contribution in [0.3, 0.4) is 0 Å². The van der Waals surface area contributed by atoms with Gasteiger partial charge in [-0.15, -0.1) is 0 Å². The Kier molecular flexibility index (Phi) is 2.36. The average molecular weight is 190 g/mol. The molecule has 0 bridgehead atoms. The molecule has 0 unspecified atom stereocenters. The van der Waals surface area contributed by atoms with E-state index < -0.39 is 0 Å². The van der Waals surface area contributed by atoms with Crippen molar-refractivity contribution in [3.63, 3.8) is 0 Å². The Hall–Kier alpha value is -1.22. The smallest absolute Gasteiger partial charge is 0.123 e. The highest BCUT2D eigenvalue weighted by Gasteiger charge is 1.98. The lowest BCUT2D eigenvalue weighted by molar-refractivity contribution is 0.738. The molecule has 0 radical (unpaired) electrons. The third-order valence-corrected chi connectivity index (χ3v) is 2.59. The number of nitrogens with zero attached hydrogens (tertiary/aromatic N) is 2. The van der Waals surface area contributed by atoms with Crippen LogP contribution in [-0.4, -0.2) is 9.78 Å². The van der Waals surface area contributed by atoms with Gasteiger partial charge in [0.1, 0.15) is 5.03 Å². The maximum Gasteiger partial charge on any atom is 0.123 e. The lowest BCUT2D eigenvalue weighted by atomic mass is 10.4. The van der Waals surface area contributed by atoms with Gasteiger partial charge >= 0.3 is 0 Å². The van der Waals surface area contributed by atoms with Crippen molar-refractivity contribution in [1.82, 2.24) is 9.78 Å². The first-order chi connectivity index (χ1) is 6.34. The average Bonchev–Trinajstić information content (AvgIpc) is 2.53. The highest BCUT2D eigenvalue weighted by atomic mass is 32.2. The van der Waals surface area contributed by atoms with E-state index in [-0.39, 0.29) is 0 Å². The zero-order valence-electron chi connectivity index (χ0n) is 7.34. The molecule has 0 aliphatic carbocycles. The molecule has 66 valence electrons. The van der Waals surface area contributed by atoms with Crippen molar-refractivity contribution in [2.24, 2.45) is 7.05 Å². The van der Waals surface area contributed by atoms with Crippen molar-refractivity contribution in [3.05, 3.63) is 42.6 Å². The maximum atomic E-state index is 4.29. The van der Waals surface area contributed by atoms with Gasteiger partial charge in [0.15, 0.2) is 0 Å². The van der Waals surface area contributed by atoms with Gasteiger partial charge < -0.3 is 0 Å². The lowest BCUT2D eigenvalue weighted by Gasteiger charge is -1.95. The van der Waals surface area contributed by atoms with E-state index in [9.17, 15) is 0 Å². The van der Waals surface area contributed by atoms with E-state index in [1.807, 2.05) is 42.2 Å². The van der Waals surface area contributed by atoms with Crippen LogP contribution in [0.1, 0.15) is 0 Å². The number of aromatic nitrogens is 2. The van der Waals surface area contributed by atoms with E-state index in [1.165, 1.54) is 4.90 Å². The normalized spacial score (nSPS) is 10.2.